The number of allylic oxidation sites excluding steroid dienone is 1. The zero-order valence-corrected chi connectivity index (χ0v) is 15.8. The summed E-state index contributed by atoms with van der Waals surface area (Å²) in [5.74, 6) is -4.43. The lowest BCUT2D eigenvalue weighted by molar-refractivity contribution is -0.222. The summed E-state index contributed by atoms with van der Waals surface area (Å²) in [5.41, 5.74) is -3.85. The van der Waals surface area contributed by atoms with E-state index < -0.39 is 34.6 Å². The third kappa shape index (κ3) is 1.89. The molecule has 0 aromatic heterocycles. The normalized spacial score (nSPS) is 30.9. The Bertz CT molecular complexity index is 1020. The van der Waals surface area contributed by atoms with Crippen molar-refractivity contribution in [1.82, 2.24) is 4.90 Å². The summed E-state index contributed by atoms with van der Waals surface area (Å²) < 4.78 is 10.8. The van der Waals surface area contributed by atoms with E-state index in [0.29, 0.717) is 0 Å². The van der Waals surface area contributed by atoms with Gasteiger partial charge in [-0.25, -0.2) is 4.79 Å². The summed E-state index contributed by atoms with van der Waals surface area (Å²) in [7, 11) is 0. The zero-order chi connectivity index (χ0) is 20.9. The van der Waals surface area contributed by atoms with Gasteiger partial charge in [0.15, 0.2) is 0 Å². The van der Waals surface area contributed by atoms with E-state index in [1.165, 1.54) is 20.8 Å². The first-order valence-electron chi connectivity index (χ1n) is 8.46. The van der Waals surface area contributed by atoms with Gasteiger partial charge in [0, 0.05) is 26.5 Å². The third-order valence-corrected chi connectivity index (χ3v) is 5.34. The van der Waals surface area contributed by atoms with Gasteiger partial charge in [-0.2, -0.15) is 10.5 Å². The SMILES string of the molecule is CC(=O)OC1(C)OC(=O)C2(c3ccccc3)N(C(C)=O)C(C)=C(C#N)C12C#N. The first-order valence-corrected chi connectivity index (χ1v) is 8.46. The number of hydrogen-bond donors (Lipinski definition) is 0. The molecule has 0 N–H and O–H groups in total. The van der Waals surface area contributed by atoms with Crippen molar-refractivity contribution in [3.63, 3.8) is 0 Å². The Hall–Kier alpha value is -3.65. The maximum absolute atomic E-state index is 13.4. The van der Waals surface area contributed by atoms with Crippen molar-refractivity contribution in [1.29, 1.82) is 10.5 Å². The van der Waals surface area contributed by atoms with Crippen molar-refractivity contribution in [2.24, 2.45) is 5.41 Å². The molecule has 0 bridgehead atoms. The zero-order valence-electron chi connectivity index (χ0n) is 15.8. The Morgan fingerprint density at radius 2 is 1.79 bits per heavy atom. The Kier molecular flexibility index (Phi) is 4.05. The van der Waals surface area contributed by atoms with E-state index >= 15 is 0 Å². The molecule has 142 valence electrons. The van der Waals surface area contributed by atoms with Crippen molar-refractivity contribution >= 4 is 17.8 Å². The average Bonchev–Trinajstić information content (AvgIpc) is 2.97. The summed E-state index contributed by atoms with van der Waals surface area (Å²) in [6.45, 7) is 5.07. The number of esters is 2. The van der Waals surface area contributed by atoms with Crippen molar-refractivity contribution in [2.75, 3.05) is 0 Å². The highest BCUT2D eigenvalue weighted by molar-refractivity contribution is 5.97. The highest BCUT2D eigenvalue weighted by Gasteiger charge is 2.84. The van der Waals surface area contributed by atoms with E-state index in [2.05, 4.69) is 0 Å². The van der Waals surface area contributed by atoms with Gasteiger partial charge < -0.3 is 9.47 Å². The number of amides is 1. The van der Waals surface area contributed by atoms with Crippen LogP contribution in [0.15, 0.2) is 41.6 Å². The fourth-order valence-corrected chi connectivity index (χ4v) is 4.50. The van der Waals surface area contributed by atoms with Gasteiger partial charge in [0.2, 0.25) is 16.9 Å². The number of nitriles is 2. The maximum atomic E-state index is 13.4. The van der Waals surface area contributed by atoms with E-state index in [0.717, 1.165) is 11.8 Å². The molecule has 0 spiro atoms. The van der Waals surface area contributed by atoms with Crippen LogP contribution in [0.3, 0.4) is 0 Å². The average molecular weight is 379 g/mol. The Labute approximate surface area is 161 Å². The van der Waals surface area contributed by atoms with Gasteiger partial charge in [-0.1, -0.05) is 30.3 Å². The van der Waals surface area contributed by atoms with Gasteiger partial charge in [0.25, 0.3) is 5.79 Å². The number of cyclic esters (lactones) is 1. The summed E-state index contributed by atoms with van der Waals surface area (Å²) in [5, 5.41) is 20.2. The summed E-state index contributed by atoms with van der Waals surface area (Å²) in [6.07, 6.45) is 0. The van der Waals surface area contributed by atoms with Crippen LogP contribution in [0.2, 0.25) is 0 Å². The number of fused-ring (bicyclic) bond motifs is 1. The Morgan fingerprint density at radius 3 is 2.25 bits per heavy atom. The van der Waals surface area contributed by atoms with Crippen LogP contribution >= 0.6 is 0 Å². The van der Waals surface area contributed by atoms with Gasteiger partial charge >= 0.3 is 11.9 Å². The molecule has 8 heteroatoms. The minimum absolute atomic E-state index is 0.135. The van der Waals surface area contributed by atoms with Gasteiger partial charge in [-0.15, -0.1) is 0 Å². The lowest BCUT2D eigenvalue weighted by atomic mass is 9.62. The molecule has 1 aromatic rings. The van der Waals surface area contributed by atoms with Crippen LogP contribution in [-0.4, -0.2) is 28.5 Å². The summed E-state index contributed by atoms with van der Waals surface area (Å²) in [4.78, 5) is 38.9. The van der Waals surface area contributed by atoms with Crippen LogP contribution in [0.25, 0.3) is 0 Å². The van der Waals surface area contributed by atoms with Crippen molar-refractivity contribution in [3.05, 3.63) is 47.2 Å². The molecule has 1 aromatic carbocycles. The van der Waals surface area contributed by atoms with Gasteiger partial charge in [0.1, 0.15) is 0 Å². The van der Waals surface area contributed by atoms with Gasteiger partial charge in [-0.05, 0) is 12.5 Å². The second-order valence-corrected chi connectivity index (χ2v) is 6.79. The third-order valence-electron chi connectivity index (χ3n) is 5.34. The second-order valence-electron chi connectivity index (χ2n) is 6.79. The second kappa shape index (κ2) is 5.93. The predicted octanol–water partition coefficient (Wildman–Crippen LogP) is 1.89. The lowest BCUT2D eigenvalue weighted by Crippen LogP contribution is -2.59. The minimum Gasteiger partial charge on any atom is -0.421 e. The van der Waals surface area contributed by atoms with Crippen LogP contribution in [-0.2, 0) is 29.4 Å². The molecule has 2 aliphatic rings. The largest absolute Gasteiger partial charge is 0.421 e. The van der Waals surface area contributed by atoms with E-state index in [1.807, 2.05) is 12.1 Å². The highest BCUT2D eigenvalue weighted by Crippen LogP contribution is 2.67. The maximum Gasteiger partial charge on any atom is 0.342 e. The fourth-order valence-electron chi connectivity index (χ4n) is 4.50. The molecule has 28 heavy (non-hydrogen) atoms. The van der Waals surface area contributed by atoms with Crippen LogP contribution in [0.5, 0.6) is 0 Å². The molecular weight excluding hydrogens is 362 g/mol. The molecule has 3 rings (SSSR count). The minimum atomic E-state index is -2.11. The lowest BCUT2D eigenvalue weighted by Gasteiger charge is -2.41. The fraction of sp³-hybridized carbons (Fsp3) is 0.350. The molecule has 2 heterocycles. The Balaban J connectivity index is 2.54. The molecule has 2 aliphatic heterocycles. The topological polar surface area (TPSA) is 120 Å². The smallest absolute Gasteiger partial charge is 0.342 e. The molecule has 3 unspecified atom stereocenters. The summed E-state index contributed by atoms with van der Waals surface area (Å²) in [6, 6.07) is 12.1. The molecule has 1 saturated heterocycles. The van der Waals surface area contributed by atoms with E-state index in [4.69, 9.17) is 9.47 Å². The Morgan fingerprint density at radius 1 is 1.18 bits per heavy atom. The first kappa shape index (κ1) is 19.1. The number of carbonyl (C=O) groups excluding carboxylic acids is 3. The van der Waals surface area contributed by atoms with Crippen molar-refractivity contribution in [3.8, 4) is 12.1 Å². The van der Waals surface area contributed by atoms with Crippen LogP contribution < -0.4 is 0 Å². The van der Waals surface area contributed by atoms with Gasteiger partial charge in [0.05, 0.1) is 17.7 Å². The monoisotopic (exact) mass is 379 g/mol. The van der Waals surface area contributed by atoms with Crippen LogP contribution in [0, 0.1) is 28.1 Å². The van der Waals surface area contributed by atoms with Gasteiger partial charge in [-0.3, -0.25) is 14.5 Å². The van der Waals surface area contributed by atoms with E-state index in [1.54, 1.807) is 30.3 Å². The van der Waals surface area contributed by atoms with Crippen LogP contribution in [0.4, 0.5) is 0 Å². The number of benzene rings is 1. The quantitative estimate of drug-likeness (QED) is 0.719. The number of ether oxygens (including phenoxy) is 2. The van der Waals surface area contributed by atoms with Crippen molar-refractivity contribution < 1.29 is 23.9 Å². The number of hydrogen-bond acceptors (Lipinski definition) is 7. The molecule has 0 radical (unpaired) electrons. The number of carbonyl (C=O) groups is 3. The molecule has 1 fully saturated rings. The summed E-state index contributed by atoms with van der Waals surface area (Å²) >= 11 is 0. The molecule has 8 nitrogen and oxygen atoms in total. The molecule has 1 amide bonds. The van der Waals surface area contributed by atoms with Crippen LogP contribution in [0.1, 0.15) is 33.3 Å². The number of nitrogens with zero attached hydrogens (tertiary/aromatic N) is 3. The molecule has 0 aliphatic carbocycles. The van der Waals surface area contributed by atoms with E-state index in [9.17, 15) is 24.9 Å². The highest BCUT2D eigenvalue weighted by atomic mass is 16.7. The molecule has 0 saturated carbocycles. The van der Waals surface area contributed by atoms with Crippen molar-refractivity contribution in [2.45, 2.75) is 39.0 Å². The molecule has 3 atom stereocenters. The predicted molar refractivity (Wildman–Crippen MR) is 93.3 cm³/mol. The number of rotatable bonds is 2. The van der Waals surface area contributed by atoms with E-state index in [-0.39, 0.29) is 16.8 Å². The molecular formula is C20H17N3O5. The first-order chi connectivity index (χ1) is 13.1. The standard InChI is InChI=1S/C20H17N3O5/c1-12-16(10-21)19(11-22)18(4,27-14(3)25)28-17(26)20(19,23(12)13(2)24)15-8-6-5-7-9-15/h5-9H,1-4H3.